The van der Waals surface area contributed by atoms with Gasteiger partial charge in [0.05, 0.1) is 0 Å². The molecule has 18 heteroatoms. The van der Waals surface area contributed by atoms with E-state index in [0.29, 0.717) is 38.5 Å². The SMILES string of the molecule is CCCCCCCCCC(CC(F)(F)C(F)(F)C(F)(F)C(F)(F)F)C(CCCCCCCCC)CC(F)(F)C(F)(F)C(F)(F)C(F)(F)F. The molecule has 0 aliphatic rings. The minimum absolute atomic E-state index is 0.0593. The van der Waals surface area contributed by atoms with Crippen LogP contribution in [0.2, 0.25) is 0 Å². The molecule has 0 aliphatic carbocycles. The topological polar surface area (TPSA) is 0 Å². The van der Waals surface area contributed by atoms with E-state index in [1.54, 1.807) is 0 Å². The Labute approximate surface area is 268 Å². The summed E-state index contributed by atoms with van der Waals surface area (Å²) in [5, 5.41) is 0. The van der Waals surface area contributed by atoms with Crippen molar-refractivity contribution in [3.05, 3.63) is 0 Å². The van der Waals surface area contributed by atoms with Gasteiger partial charge in [-0.2, -0.15) is 79.0 Å². The van der Waals surface area contributed by atoms with Crippen LogP contribution < -0.4 is 0 Å². The third-order valence-electron chi connectivity index (χ3n) is 8.48. The largest absolute Gasteiger partial charge is 0.460 e. The fourth-order valence-corrected chi connectivity index (χ4v) is 5.47. The zero-order valence-corrected chi connectivity index (χ0v) is 26.7. The smallest absolute Gasteiger partial charge is 0.200 e. The Morgan fingerprint density at radius 3 is 0.771 bits per heavy atom. The van der Waals surface area contributed by atoms with Crippen molar-refractivity contribution >= 4 is 0 Å². The summed E-state index contributed by atoms with van der Waals surface area (Å²) in [6, 6.07) is 0. The molecule has 0 rings (SSSR count). The highest BCUT2D eigenvalue weighted by molar-refractivity contribution is 5.04. The molecule has 0 aromatic heterocycles. The third kappa shape index (κ3) is 11.9. The van der Waals surface area contributed by atoms with E-state index in [1.165, 1.54) is 0 Å². The summed E-state index contributed by atoms with van der Waals surface area (Å²) in [5.74, 6) is -46.7. The fraction of sp³-hybridized carbons (Fsp3) is 1.00. The van der Waals surface area contributed by atoms with Crippen molar-refractivity contribution in [2.45, 2.75) is 177 Å². The first-order valence-corrected chi connectivity index (χ1v) is 16.0. The molecule has 0 amide bonds. The highest BCUT2D eigenvalue weighted by Crippen LogP contribution is 2.58. The molecule has 2 atom stereocenters. The summed E-state index contributed by atoms with van der Waals surface area (Å²) in [5.41, 5.74) is 0. The van der Waals surface area contributed by atoms with Crippen molar-refractivity contribution in [3.63, 3.8) is 0 Å². The molecular weight excluding hydrogens is 702 g/mol. The molecule has 0 saturated carbocycles. The Bertz CT molecular complexity index is 819. The van der Waals surface area contributed by atoms with Gasteiger partial charge < -0.3 is 0 Å². The highest BCUT2D eigenvalue weighted by atomic mass is 19.4. The first-order chi connectivity index (χ1) is 21.6. The lowest BCUT2D eigenvalue weighted by atomic mass is 9.75. The second kappa shape index (κ2) is 18.3. The molecule has 0 aromatic carbocycles. The normalized spacial score (nSPS) is 16.0. The monoisotopic (exact) mass is 746 g/mol. The lowest BCUT2D eigenvalue weighted by Crippen LogP contribution is -2.62. The van der Waals surface area contributed by atoms with Gasteiger partial charge in [0.25, 0.3) is 0 Å². The van der Waals surface area contributed by atoms with Crippen LogP contribution in [0.15, 0.2) is 0 Å². The average molecular weight is 747 g/mol. The predicted octanol–water partition coefficient (Wildman–Crippen LogP) is 14.2. The molecule has 0 heterocycles. The van der Waals surface area contributed by atoms with Crippen LogP contribution in [0.4, 0.5) is 79.0 Å². The molecular formula is C30H44F18. The van der Waals surface area contributed by atoms with Crippen LogP contribution in [-0.4, -0.2) is 47.9 Å². The average Bonchev–Trinajstić information content (AvgIpc) is 2.93. The van der Waals surface area contributed by atoms with Crippen LogP contribution in [0.5, 0.6) is 0 Å². The maximum absolute atomic E-state index is 14.8. The lowest BCUT2D eigenvalue weighted by molar-refractivity contribution is -0.400. The van der Waals surface area contributed by atoms with Crippen LogP contribution in [-0.2, 0) is 0 Å². The molecule has 48 heavy (non-hydrogen) atoms. The Balaban J connectivity index is 6.69. The Morgan fingerprint density at radius 1 is 0.312 bits per heavy atom. The summed E-state index contributed by atoms with van der Waals surface area (Å²) in [6.45, 7) is 3.72. The number of rotatable bonds is 25. The number of alkyl halides is 18. The standard InChI is InChI=1S/C30H44F18/c1-3-5-7-9-11-13-15-17-21(19-23(31,32)25(35,36)27(39,40)29(43,44)45)22(18-16-14-12-10-8-6-4-2)20-24(33,34)26(37,38)28(41,42)30(46,47)48/h21-22H,3-20H2,1-2H3. The third-order valence-corrected chi connectivity index (χ3v) is 8.48. The van der Waals surface area contributed by atoms with Gasteiger partial charge in [-0.25, -0.2) is 0 Å². The van der Waals surface area contributed by atoms with Crippen molar-refractivity contribution in [2.75, 3.05) is 0 Å². The Kier molecular flexibility index (Phi) is 17.8. The van der Waals surface area contributed by atoms with E-state index in [-0.39, 0.29) is 25.7 Å². The Hall–Kier alpha value is -1.26. The van der Waals surface area contributed by atoms with Crippen LogP contribution in [0.25, 0.3) is 0 Å². The molecule has 0 fully saturated rings. The van der Waals surface area contributed by atoms with Crippen LogP contribution in [0.3, 0.4) is 0 Å². The van der Waals surface area contributed by atoms with E-state index in [1.807, 2.05) is 13.8 Å². The van der Waals surface area contributed by atoms with Gasteiger partial charge in [0.1, 0.15) is 0 Å². The van der Waals surface area contributed by atoms with Gasteiger partial charge >= 0.3 is 47.9 Å². The van der Waals surface area contributed by atoms with Gasteiger partial charge in [-0.05, 0) is 24.7 Å². The van der Waals surface area contributed by atoms with Crippen LogP contribution in [0.1, 0.15) is 129 Å². The van der Waals surface area contributed by atoms with Gasteiger partial charge in [-0.3, -0.25) is 0 Å². The van der Waals surface area contributed by atoms with Crippen LogP contribution in [0, 0.1) is 11.8 Å². The first-order valence-electron chi connectivity index (χ1n) is 16.0. The first kappa shape index (κ1) is 46.7. The van der Waals surface area contributed by atoms with Gasteiger partial charge in [-0.1, -0.05) is 104 Å². The number of hydrogen-bond acceptors (Lipinski definition) is 0. The maximum atomic E-state index is 14.8. The second-order valence-corrected chi connectivity index (χ2v) is 12.5. The minimum Gasteiger partial charge on any atom is -0.200 e. The van der Waals surface area contributed by atoms with Gasteiger partial charge in [0.15, 0.2) is 0 Å². The van der Waals surface area contributed by atoms with E-state index >= 15 is 0 Å². The summed E-state index contributed by atoms with van der Waals surface area (Å²) in [4.78, 5) is 0. The molecule has 290 valence electrons. The number of halogens is 18. The van der Waals surface area contributed by atoms with Gasteiger partial charge in [0, 0.05) is 12.8 Å². The molecule has 0 radical (unpaired) electrons. The lowest BCUT2D eigenvalue weighted by Gasteiger charge is -2.39. The number of hydrogen-bond donors (Lipinski definition) is 0. The van der Waals surface area contributed by atoms with Crippen molar-refractivity contribution < 1.29 is 79.0 Å². The molecule has 0 aliphatic heterocycles. The molecule has 0 bridgehead atoms. The van der Waals surface area contributed by atoms with Crippen molar-refractivity contribution in [1.82, 2.24) is 0 Å². The molecule has 0 spiro atoms. The van der Waals surface area contributed by atoms with E-state index in [0.717, 1.165) is 25.7 Å². The van der Waals surface area contributed by atoms with Crippen molar-refractivity contribution in [3.8, 4) is 0 Å². The van der Waals surface area contributed by atoms with E-state index < -0.39 is 85.4 Å². The van der Waals surface area contributed by atoms with Gasteiger partial charge in [-0.15, -0.1) is 0 Å². The molecule has 0 aromatic rings. The zero-order chi connectivity index (χ0) is 37.9. The van der Waals surface area contributed by atoms with Crippen molar-refractivity contribution in [1.29, 1.82) is 0 Å². The van der Waals surface area contributed by atoms with Gasteiger partial charge in [0.2, 0.25) is 0 Å². The second-order valence-electron chi connectivity index (χ2n) is 12.5. The van der Waals surface area contributed by atoms with E-state index in [4.69, 9.17) is 0 Å². The number of unbranched alkanes of at least 4 members (excludes halogenated alkanes) is 12. The fourth-order valence-electron chi connectivity index (χ4n) is 5.47. The predicted molar refractivity (Wildman–Crippen MR) is 143 cm³/mol. The molecule has 0 nitrogen and oxygen atoms in total. The highest BCUT2D eigenvalue weighted by Gasteiger charge is 2.83. The Morgan fingerprint density at radius 2 is 0.542 bits per heavy atom. The molecule has 0 saturated heterocycles. The maximum Gasteiger partial charge on any atom is 0.460 e. The summed E-state index contributed by atoms with van der Waals surface area (Å²) >= 11 is 0. The van der Waals surface area contributed by atoms with E-state index in [2.05, 4.69) is 0 Å². The van der Waals surface area contributed by atoms with Crippen LogP contribution >= 0.6 is 0 Å². The quantitative estimate of drug-likeness (QED) is 0.0645. The zero-order valence-electron chi connectivity index (χ0n) is 26.7. The summed E-state index contributed by atoms with van der Waals surface area (Å²) < 4.78 is 247. The van der Waals surface area contributed by atoms with E-state index in [9.17, 15) is 79.0 Å². The molecule has 2 unspecified atom stereocenters. The minimum atomic E-state index is -7.35. The van der Waals surface area contributed by atoms with Crippen molar-refractivity contribution in [2.24, 2.45) is 11.8 Å². The summed E-state index contributed by atoms with van der Waals surface area (Å²) in [6.07, 6.45) is -16.0. The summed E-state index contributed by atoms with van der Waals surface area (Å²) in [7, 11) is 0. The molecule has 0 N–H and O–H groups in total.